The molecule has 0 aliphatic heterocycles. The largest absolute Gasteiger partial charge is 0.479 e. The predicted octanol–water partition coefficient (Wildman–Crippen LogP) is 5.26. The number of hydrogen-bond donors (Lipinski definition) is 1. The molecule has 0 spiro atoms. The number of benzene rings is 2. The molecule has 3 aromatic rings. The molecule has 0 radical (unpaired) electrons. The van der Waals surface area contributed by atoms with Crippen LogP contribution in [0.2, 0.25) is 5.02 Å². The summed E-state index contributed by atoms with van der Waals surface area (Å²) < 4.78 is 8.04. The highest BCUT2D eigenvalue weighted by Crippen LogP contribution is 2.32. The highest BCUT2D eigenvalue weighted by atomic mass is 79.9. The van der Waals surface area contributed by atoms with Crippen LogP contribution in [0.4, 0.5) is 0 Å². The minimum atomic E-state index is -1.12. The number of aryl methyl sites for hydroxylation is 1. The fraction of sp³-hybridized carbons (Fsp3) is 0.238. The van der Waals surface area contributed by atoms with E-state index >= 15 is 0 Å². The summed E-state index contributed by atoms with van der Waals surface area (Å²) >= 11 is 12.9. The topological polar surface area (TPSA) is 93.8 Å². The molecule has 0 aliphatic rings. The molecule has 162 valence electrons. The van der Waals surface area contributed by atoms with Gasteiger partial charge in [0, 0.05) is 21.5 Å². The summed E-state index contributed by atoms with van der Waals surface area (Å²) in [7, 11) is 0. The molecule has 10 heteroatoms. The number of fused-ring (bicyclic) bond motifs is 1. The first-order valence-electron chi connectivity index (χ1n) is 9.35. The number of aliphatic carboxylic acids is 1. The quantitative estimate of drug-likeness (QED) is 0.391. The van der Waals surface area contributed by atoms with Crippen molar-refractivity contribution in [1.29, 1.82) is 0 Å². The number of carbonyl (C=O) groups is 1. The Morgan fingerprint density at radius 3 is 2.77 bits per heavy atom. The fourth-order valence-corrected chi connectivity index (χ4v) is 4.14. The van der Waals surface area contributed by atoms with Crippen LogP contribution in [-0.2, 0) is 11.2 Å². The van der Waals surface area contributed by atoms with E-state index < -0.39 is 12.1 Å². The van der Waals surface area contributed by atoms with Gasteiger partial charge in [-0.2, -0.15) is 9.78 Å². The summed E-state index contributed by atoms with van der Waals surface area (Å²) in [5.41, 5.74) is 0.692. The van der Waals surface area contributed by atoms with E-state index in [1.165, 1.54) is 17.8 Å². The SMILES string of the molecule is CCCc1nc2ccc(Br)cc2c(=O)n1N=Cc1cc(Cl)cc(Br)c1O[C@@H](C)C(=O)O. The van der Waals surface area contributed by atoms with E-state index in [1.807, 2.05) is 13.0 Å². The molecule has 7 nitrogen and oxygen atoms in total. The van der Waals surface area contributed by atoms with Crippen molar-refractivity contribution in [1.82, 2.24) is 9.66 Å². The molecular formula is C21H18Br2ClN3O4. The molecule has 0 aliphatic carbocycles. The Bertz CT molecular complexity index is 1240. The molecule has 0 fully saturated rings. The van der Waals surface area contributed by atoms with Crippen molar-refractivity contribution in [2.45, 2.75) is 32.8 Å². The zero-order chi connectivity index (χ0) is 22.7. The van der Waals surface area contributed by atoms with Crippen LogP contribution in [0.15, 0.2) is 49.2 Å². The Kier molecular flexibility index (Phi) is 7.51. The van der Waals surface area contributed by atoms with Gasteiger partial charge >= 0.3 is 5.97 Å². The van der Waals surface area contributed by atoms with Crippen LogP contribution in [-0.4, -0.2) is 33.1 Å². The average Bonchev–Trinajstić information content (AvgIpc) is 2.70. The number of aromatic nitrogens is 2. The maximum Gasteiger partial charge on any atom is 0.344 e. The second-order valence-electron chi connectivity index (χ2n) is 6.71. The molecule has 0 amide bonds. The Balaban J connectivity index is 2.15. The molecule has 0 saturated heterocycles. The van der Waals surface area contributed by atoms with Crippen LogP contribution in [0.5, 0.6) is 5.75 Å². The van der Waals surface area contributed by atoms with Crippen molar-refractivity contribution in [3.8, 4) is 5.75 Å². The van der Waals surface area contributed by atoms with Gasteiger partial charge in [-0.05, 0) is 59.6 Å². The molecular weight excluding hydrogens is 554 g/mol. The van der Waals surface area contributed by atoms with Crippen LogP contribution in [0.25, 0.3) is 10.9 Å². The predicted molar refractivity (Wildman–Crippen MR) is 128 cm³/mol. The standard InChI is InChI=1S/C21H18Br2ClN3O4/c1-3-4-18-26-17-6-5-13(22)8-15(17)20(28)27(18)25-10-12-7-14(24)9-16(23)19(12)31-11(2)21(29)30/h5-11H,3-4H2,1-2H3,(H,29,30)/t11-/m0/s1. The first kappa shape index (κ1) is 23.4. The lowest BCUT2D eigenvalue weighted by Gasteiger charge is -2.15. The first-order valence-corrected chi connectivity index (χ1v) is 11.3. The lowest BCUT2D eigenvalue weighted by atomic mass is 10.2. The van der Waals surface area contributed by atoms with E-state index in [2.05, 4.69) is 41.9 Å². The molecule has 1 aromatic heterocycles. The molecule has 0 saturated carbocycles. The number of ether oxygens (including phenoxy) is 1. The number of rotatable bonds is 7. The van der Waals surface area contributed by atoms with E-state index in [9.17, 15) is 14.7 Å². The molecule has 2 aromatic carbocycles. The molecule has 31 heavy (non-hydrogen) atoms. The van der Waals surface area contributed by atoms with Gasteiger partial charge in [0.1, 0.15) is 11.6 Å². The molecule has 0 bridgehead atoms. The second-order valence-corrected chi connectivity index (χ2v) is 8.91. The maximum atomic E-state index is 13.1. The zero-order valence-electron chi connectivity index (χ0n) is 16.6. The van der Waals surface area contributed by atoms with Gasteiger partial charge in [0.15, 0.2) is 6.10 Å². The van der Waals surface area contributed by atoms with E-state index in [-0.39, 0.29) is 11.3 Å². The summed E-state index contributed by atoms with van der Waals surface area (Å²) in [6.45, 7) is 3.40. The molecule has 0 unspecified atom stereocenters. The Labute approximate surface area is 200 Å². The highest BCUT2D eigenvalue weighted by molar-refractivity contribution is 9.10. The van der Waals surface area contributed by atoms with Crippen LogP contribution in [0.1, 0.15) is 31.7 Å². The smallest absolute Gasteiger partial charge is 0.344 e. The van der Waals surface area contributed by atoms with Crippen molar-refractivity contribution in [3.05, 3.63) is 66.0 Å². The lowest BCUT2D eigenvalue weighted by Crippen LogP contribution is -2.24. The van der Waals surface area contributed by atoms with Crippen LogP contribution in [0, 0.1) is 0 Å². The van der Waals surface area contributed by atoms with E-state index in [0.29, 0.717) is 38.2 Å². The molecule has 1 heterocycles. The molecule has 3 rings (SSSR count). The summed E-state index contributed by atoms with van der Waals surface area (Å²) in [5, 5.41) is 14.4. The van der Waals surface area contributed by atoms with Gasteiger partial charge in [-0.3, -0.25) is 4.79 Å². The summed E-state index contributed by atoms with van der Waals surface area (Å²) in [6.07, 6.45) is 1.64. The average molecular weight is 572 g/mol. The summed E-state index contributed by atoms with van der Waals surface area (Å²) in [6, 6.07) is 8.48. The van der Waals surface area contributed by atoms with Crippen molar-refractivity contribution in [2.24, 2.45) is 5.10 Å². The Morgan fingerprint density at radius 1 is 1.35 bits per heavy atom. The Morgan fingerprint density at radius 2 is 2.10 bits per heavy atom. The molecule has 1 N–H and O–H groups in total. The normalized spacial score (nSPS) is 12.4. The van der Waals surface area contributed by atoms with Gasteiger partial charge in [0.25, 0.3) is 5.56 Å². The number of carboxylic acids is 1. The second kappa shape index (κ2) is 9.93. The van der Waals surface area contributed by atoms with Gasteiger partial charge in [-0.1, -0.05) is 34.5 Å². The monoisotopic (exact) mass is 569 g/mol. The number of hydrogen-bond acceptors (Lipinski definition) is 5. The maximum absolute atomic E-state index is 13.1. The van der Waals surface area contributed by atoms with Gasteiger partial charge in [0.2, 0.25) is 0 Å². The molecule has 1 atom stereocenters. The van der Waals surface area contributed by atoms with Crippen molar-refractivity contribution in [3.63, 3.8) is 0 Å². The number of carboxylic acid groups (broad SMARTS) is 1. The van der Waals surface area contributed by atoms with Crippen molar-refractivity contribution in [2.75, 3.05) is 0 Å². The number of halogens is 3. The minimum absolute atomic E-state index is 0.254. The van der Waals surface area contributed by atoms with Crippen molar-refractivity contribution >= 4 is 66.5 Å². The van der Waals surface area contributed by atoms with Crippen LogP contribution in [0.3, 0.4) is 0 Å². The third kappa shape index (κ3) is 5.34. The third-order valence-corrected chi connectivity index (χ3v) is 5.64. The van der Waals surface area contributed by atoms with Gasteiger partial charge < -0.3 is 9.84 Å². The number of nitrogens with zero attached hydrogens (tertiary/aromatic N) is 3. The fourth-order valence-electron chi connectivity index (χ4n) is 2.85. The van der Waals surface area contributed by atoms with E-state index in [0.717, 1.165) is 10.9 Å². The minimum Gasteiger partial charge on any atom is -0.479 e. The summed E-state index contributed by atoms with van der Waals surface area (Å²) in [5.74, 6) is -0.346. The van der Waals surface area contributed by atoms with Gasteiger partial charge in [-0.25, -0.2) is 9.78 Å². The third-order valence-electron chi connectivity index (χ3n) is 4.34. The first-order chi connectivity index (χ1) is 14.7. The zero-order valence-corrected chi connectivity index (χ0v) is 20.5. The van der Waals surface area contributed by atoms with E-state index in [1.54, 1.807) is 24.3 Å². The van der Waals surface area contributed by atoms with Gasteiger partial charge in [-0.15, -0.1) is 0 Å². The lowest BCUT2D eigenvalue weighted by molar-refractivity contribution is -0.144. The van der Waals surface area contributed by atoms with Gasteiger partial charge in [0.05, 0.1) is 21.6 Å². The van der Waals surface area contributed by atoms with Crippen molar-refractivity contribution < 1.29 is 14.6 Å². The van der Waals surface area contributed by atoms with Crippen LogP contribution < -0.4 is 10.3 Å². The van der Waals surface area contributed by atoms with E-state index in [4.69, 9.17) is 16.3 Å². The summed E-state index contributed by atoms with van der Waals surface area (Å²) in [4.78, 5) is 28.9. The van der Waals surface area contributed by atoms with Crippen LogP contribution >= 0.6 is 43.5 Å². The highest BCUT2D eigenvalue weighted by Gasteiger charge is 2.18. The Hall–Kier alpha value is -2.23.